The van der Waals surface area contributed by atoms with Crippen LogP contribution in [0.4, 0.5) is 11.4 Å². The van der Waals surface area contributed by atoms with E-state index in [0.717, 1.165) is 6.07 Å². The molecule has 2 rings (SSSR count). The third-order valence-corrected chi connectivity index (χ3v) is 3.65. The molecule has 0 heterocycles. The predicted molar refractivity (Wildman–Crippen MR) is 89.3 cm³/mol. The fraction of sp³-hybridized carbons (Fsp3) is 0.0667. The summed E-state index contributed by atoms with van der Waals surface area (Å²) in [6, 6.07) is 8.37. The molecule has 9 heteroatoms. The van der Waals surface area contributed by atoms with E-state index < -0.39 is 16.8 Å². The van der Waals surface area contributed by atoms with Crippen LogP contribution in [0.2, 0.25) is 0 Å². The number of primary amides is 1. The highest BCUT2D eigenvalue weighted by Gasteiger charge is 2.19. The first-order chi connectivity index (χ1) is 11.3. The quantitative estimate of drug-likeness (QED) is 0.346. The van der Waals surface area contributed by atoms with Crippen LogP contribution in [0.1, 0.15) is 26.3 Å². The number of nitrogens with zero attached hydrogens (tertiary/aromatic N) is 1. The Morgan fingerprint density at radius 3 is 2.54 bits per heavy atom. The Balaban J connectivity index is 2.22. The molecule has 1 amide bonds. The number of nitrogens with two attached hydrogens (primary N) is 2. The monoisotopic (exact) mass is 393 g/mol. The third-order valence-electron chi connectivity index (χ3n) is 3.16. The van der Waals surface area contributed by atoms with Crippen molar-refractivity contribution in [2.75, 3.05) is 5.73 Å². The van der Waals surface area contributed by atoms with E-state index in [9.17, 15) is 19.7 Å². The summed E-state index contributed by atoms with van der Waals surface area (Å²) in [5.41, 5.74) is 10.9. The van der Waals surface area contributed by atoms with Crippen LogP contribution in [0.15, 0.2) is 40.9 Å². The molecule has 0 radical (unpaired) electrons. The molecular formula is C15H12BrN3O5. The van der Waals surface area contributed by atoms with Crippen molar-refractivity contribution >= 4 is 39.2 Å². The summed E-state index contributed by atoms with van der Waals surface area (Å²) in [6.07, 6.45) is 0. The third kappa shape index (κ3) is 3.87. The van der Waals surface area contributed by atoms with E-state index in [-0.39, 0.29) is 34.7 Å². The molecule has 0 aliphatic rings. The highest BCUT2D eigenvalue weighted by molar-refractivity contribution is 9.10. The number of anilines is 1. The van der Waals surface area contributed by atoms with Crippen molar-refractivity contribution in [2.45, 2.75) is 6.61 Å². The summed E-state index contributed by atoms with van der Waals surface area (Å²) >= 11 is 3.22. The van der Waals surface area contributed by atoms with Crippen LogP contribution in [0.25, 0.3) is 0 Å². The van der Waals surface area contributed by atoms with Crippen molar-refractivity contribution in [3.05, 3.63) is 67.7 Å². The molecule has 0 fully saturated rings. The fourth-order valence-electron chi connectivity index (χ4n) is 1.94. The second kappa shape index (κ2) is 7.09. The number of hydrogen-bond donors (Lipinski definition) is 2. The van der Waals surface area contributed by atoms with E-state index >= 15 is 0 Å². The molecule has 0 aromatic heterocycles. The predicted octanol–water partition coefficient (Wildman–Crippen LogP) is 2.40. The Morgan fingerprint density at radius 1 is 1.21 bits per heavy atom. The van der Waals surface area contributed by atoms with Crippen molar-refractivity contribution < 1.29 is 19.2 Å². The number of ether oxygens (including phenoxy) is 1. The maximum Gasteiger partial charge on any atom is 0.340 e. The number of esters is 1. The van der Waals surface area contributed by atoms with Gasteiger partial charge in [0.25, 0.3) is 5.69 Å². The fourth-order valence-corrected chi connectivity index (χ4v) is 2.30. The molecule has 0 aliphatic heterocycles. The van der Waals surface area contributed by atoms with Gasteiger partial charge < -0.3 is 16.2 Å². The summed E-state index contributed by atoms with van der Waals surface area (Å²) in [5.74, 6) is -1.51. The molecule has 2 aromatic rings. The summed E-state index contributed by atoms with van der Waals surface area (Å²) < 4.78 is 5.72. The average Bonchev–Trinajstić information content (AvgIpc) is 2.54. The lowest BCUT2D eigenvalue weighted by Crippen LogP contribution is -2.12. The van der Waals surface area contributed by atoms with Gasteiger partial charge in [0.05, 0.1) is 16.1 Å². The normalized spacial score (nSPS) is 10.2. The molecule has 4 N–H and O–H groups in total. The molecule has 0 spiro atoms. The Labute approximate surface area is 144 Å². The molecule has 0 saturated heterocycles. The van der Waals surface area contributed by atoms with Gasteiger partial charge in [-0.15, -0.1) is 0 Å². The van der Waals surface area contributed by atoms with E-state index in [2.05, 4.69) is 15.9 Å². The smallest absolute Gasteiger partial charge is 0.340 e. The first kappa shape index (κ1) is 17.4. The van der Waals surface area contributed by atoms with Gasteiger partial charge in [0.1, 0.15) is 6.61 Å². The van der Waals surface area contributed by atoms with Crippen molar-refractivity contribution in [2.24, 2.45) is 5.73 Å². The zero-order chi connectivity index (χ0) is 17.9. The Morgan fingerprint density at radius 2 is 1.92 bits per heavy atom. The van der Waals surface area contributed by atoms with Crippen LogP contribution in [0.5, 0.6) is 0 Å². The number of nitrogen functional groups attached to an aromatic ring is 1. The molecule has 124 valence electrons. The van der Waals surface area contributed by atoms with Crippen LogP contribution in [-0.4, -0.2) is 16.8 Å². The first-order valence-corrected chi connectivity index (χ1v) is 7.38. The largest absolute Gasteiger partial charge is 0.457 e. The Kier molecular flexibility index (Phi) is 5.14. The number of benzene rings is 2. The minimum absolute atomic E-state index is 0.00647. The topological polar surface area (TPSA) is 139 Å². The van der Waals surface area contributed by atoms with Crippen molar-refractivity contribution in [3.63, 3.8) is 0 Å². The zero-order valence-corrected chi connectivity index (χ0v) is 13.8. The molecule has 0 atom stereocenters. The van der Waals surface area contributed by atoms with E-state index in [0.29, 0.717) is 4.47 Å². The van der Waals surface area contributed by atoms with Crippen LogP contribution in [0, 0.1) is 10.1 Å². The van der Waals surface area contributed by atoms with Gasteiger partial charge in [-0.25, -0.2) is 4.79 Å². The number of nitro benzene ring substituents is 1. The Bertz CT molecular complexity index is 838. The van der Waals surface area contributed by atoms with Gasteiger partial charge in [-0.3, -0.25) is 14.9 Å². The second-order valence-corrected chi connectivity index (χ2v) is 5.69. The molecular weight excluding hydrogens is 382 g/mol. The summed E-state index contributed by atoms with van der Waals surface area (Å²) in [6.45, 7) is -0.347. The van der Waals surface area contributed by atoms with Gasteiger partial charge in [0.15, 0.2) is 0 Å². The van der Waals surface area contributed by atoms with Crippen LogP contribution >= 0.6 is 15.9 Å². The lowest BCUT2D eigenvalue weighted by atomic mass is 10.1. The second-order valence-electron chi connectivity index (χ2n) is 4.77. The average molecular weight is 394 g/mol. The van der Waals surface area contributed by atoms with E-state index in [1.807, 2.05) is 0 Å². The number of nitro groups is 1. The number of rotatable bonds is 5. The van der Waals surface area contributed by atoms with Crippen LogP contribution in [0.3, 0.4) is 0 Å². The highest BCUT2D eigenvalue weighted by Crippen LogP contribution is 2.23. The molecule has 0 unspecified atom stereocenters. The van der Waals surface area contributed by atoms with Crippen LogP contribution in [-0.2, 0) is 11.3 Å². The molecule has 24 heavy (non-hydrogen) atoms. The Hall–Kier alpha value is -2.94. The zero-order valence-electron chi connectivity index (χ0n) is 12.2. The minimum atomic E-state index is -0.788. The first-order valence-electron chi connectivity index (χ1n) is 6.59. The van der Waals surface area contributed by atoms with E-state index in [4.69, 9.17) is 16.2 Å². The number of carbonyl (C=O) groups is 2. The number of halogens is 1. The number of hydrogen-bond acceptors (Lipinski definition) is 6. The molecule has 8 nitrogen and oxygen atoms in total. The standard InChI is InChI=1S/C15H12BrN3O5/c16-10-3-4-12(17)11(6-10)15(21)24-7-9-2-1-8(14(18)20)5-13(9)19(22)23/h1-6H,7,17H2,(H2,18,20). The van der Waals surface area contributed by atoms with E-state index in [1.54, 1.807) is 6.07 Å². The summed E-state index contributed by atoms with van der Waals surface area (Å²) in [7, 11) is 0. The van der Waals surface area contributed by atoms with Gasteiger partial charge in [-0.2, -0.15) is 0 Å². The lowest BCUT2D eigenvalue weighted by molar-refractivity contribution is -0.385. The van der Waals surface area contributed by atoms with Crippen molar-refractivity contribution in [1.82, 2.24) is 0 Å². The number of carbonyl (C=O) groups excluding carboxylic acids is 2. The van der Waals surface area contributed by atoms with Crippen molar-refractivity contribution in [3.8, 4) is 0 Å². The highest BCUT2D eigenvalue weighted by atomic mass is 79.9. The molecule has 0 aliphatic carbocycles. The SMILES string of the molecule is NC(=O)c1ccc(COC(=O)c2cc(Br)ccc2N)c([N+](=O)[O-])c1. The van der Waals surface area contributed by atoms with Gasteiger partial charge in [-0.1, -0.05) is 15.9 Å². The maximum absolute atomic E-state index is 12.1. The van der Waals surface area contributed by atoms with Crippen LogP contribution < -0.4 is 11.5 Å². The van der Waals surface area contributed by atoms with E-state index in [1.165, 1.54) is 24.3 Å². The van der Waals surface area contributed by atoms with Gasteiger partial charge in [0.2, 0.25) is 5.91 Å². The van der Waals surface area contributed by atoms with Gasteiger partial charge in [-0.05, 0) is 30.3 Å². The van der Waals surface area contributed by atoms with Gasteiger partial charge in [0, 0.05) is 21.8 Å². The minimum Gasteiger partial charge on any atom is -0.457 e. The maximum atomic E-state index is 12.1. The lowest BCUT2D eigenvalue weighted by Gasteiger charge is -2.08. The van der Waals surface area contributed by atoms with Crippen molar-refractivity contribution in [1.29, 1.82) is 0 Å². The molecule has 2 aromatic carbocycles. The summed E-state index contributed by atoms with van der Waals surface area (Å²) in [4.78, 5) is 33.6. The number of amides is 1. The summed E-state index contributed by atoms with van der Waals surface area (Å²) in [5, 5.41) is 11.1. The molecule has 0 bridgehead atoms. The molecule has 0 saturated carbocycles. The van der Waals surface area contributed by atoms with Gasteiger partial charge >= 0.3 is 5.97 Å².